The second-order valence-electron chi connectivity index (χ2n) is 6.32. The highest BCUT2D eigenvalue weighted by molar-refractivity contribution is 5.78. The van der Waals surface area contributed by atoms with Crippen LogP contribution in [-0.4, -0.2) is 47.3 Å². The maximum absolute atomic E-state index is 12.6. The number of aromatic nitrogens is 2. The van der Waals surface area contributed by atoms with Gasteiger partial charge in [0.1, 0.15) is 11.5 Å². The monoisotopic (exact) mass is 399 g/mol. The fourth-order valence-electron chi connectivity index (χ4n) is 2.95. The highest BCUT2D eigenvalue weighted by Crippen LogP contribution is 2.32. The van der Waals surface area contributed by atoms with Gasteiger partial charge in [-0.25, -0.2) is 0 Å². The summed E-state index contributed by atoms with van der Waals surface area (Å²) in [5.74, 6) is -0.919. The lowest BCUT2D eigenvalue weighted by atomic mass is 9.98. The molecule has 1 aliphatic heterocycles. The third-order valence-corrected chi connectivity index (χ3v) is 4.30. The van der Waals surface area contributed by atoms with Crippen molar-refractivity contribution in [2.24, 2.45) is 0 Å². The number of benzene rings is 1. The maximum Gasteiger partial charge on any atom is 0.470 e. The van der Waals surface area contributed by atoms with Crippen molar-refractivity contribution >= 4 is 5.91 Å². The van der Waals surface area contributed by atoms with Crippen LogP contribution in [0.2, 0.25) is 0 Å². The van der Waals surface area contributed by atoms with E-state index in [0.717, 1.165) is 0 Å². The largest absolute Gasteiger partial charge is 0.494 e. The van der Waals surface area contributed by atoms with E-state index in [1.54, 1.807) is 29.2 Å². The Morgan fingerprint density at radius 1 is 1.21 bits per heavy atom. The van der Waals surface area contributed by atoms with E-state index in [4.69, 9.17) is 13.9 Å². The van der Waals surface area contributed by atoms with Crippen molar-refractivity contribution in [2.45, 2.75) is 31.9 Å². The number of alkyl halides is 3. The minimum absolute atomic E-state index is 0.0998. The van der Waals surface area contributed by atoms with Crippen LogP contribution >= 0.6 is 0 Å². The fraction of sp³-hybridized carbons (Fsp3) is 0.500. The number of hydrogen-bond donors (Lipinski definition) is 0. The van der Waals surface area contributed by atoms with Crippen LogP contribution in [0.3, 0.4) is 0 Å². The van der Waals surface area contributed by atoms with Crippen molar-refractivity contribution in [3.05, 3.63) is 36.0 Å². The summed E-state index contributed by atoms with van der Waals surface area (Å²) >= 11 is 0. The number of hydrogen-bond acceptors (Lipinski definition) is 6. The van der Waals surface area contributed by atoms with Gasteiger partial charge in [0.25, 0.3) is 5.91 Å². The van der Waals surface area contributed by atoms with Crippen LogP contribution in [0.1, 0.15) is 37.5 Å². The quantitative estimate of drug-likeness (QED) is 0.742. The summed E-state index contributed by atoms with van der Waals surface area (Å²) in [4.78, 5) is 14.0. The van der Waals surface area contributed by atoms with Crippen molar-refractivity contribution in [2.75, 3.05) is 26.3 Å². The minimum atomic E-state index is -4.68. The van der Waals surface area contributed by atoms with Crippen LogP contribution in [0, 0.1) is 0 Å². The molecule has 0 saturated carbocycles. The third-order valence-electron chi connectivity index (χ3n) is 4.30. The second kappa shape index (κ2) is 8.49. The number of rotatable bonds is 6. The van der Waals surface area contributed by atoms with E-state index in [1.807, 2.05) is 6.92 Å². The minimum Gasteiger partial charge on any atom is -0.494 e. The Hall–Kier alpha value is -2.78. The number of carbonyl (C=O) groups excluding carboxylic acids is 1. The summed E-state index contributed by atoms with van der Waals surface area (Å²) in [5.41, 5.74) is 0. The zero-order chi connectivity index (χ0) is 20.1. The number of piperidine rings is 1. The maximum atomic E-state index is 12.6. The highest BCUT2D eigenvalue weighted by Gasteiger charge is 2.39. The first-order valence-corrected chi connectivity index (χ1v) is 8.91. The van der Waals surface area contributed by atoms with Crippen LogP contribution in [-0.2, 0) is 11.0 Å². The average molecular weight is 399 g/mol. The van der Waals surface area contributed by atoms with E-state index in [2.05, 4.69) is 10.2 Å². The number of halogens is 3. The first-order chi connectivity index (χ1) is 13.4. The average Bonchev–Trinajstić information content (AvgIpc) is 3.18. The van der Waals surface area contributed by atoms with E-state index in [0.29, 0.717) is 37.5 Å². The molecule has 1 fully saturated rings. The van der Waals surface area contributed by atoms with Gasteiger partial charge in [-0.15, -0.1) is 10.2 Å². The predicted molar refractivity (Wildman–Crippen MR) is 91.0 cm³/mol. The zero-order valence-electron chi connectivity index (χ0n) is 15.2. The number of ether oxygens (including phenoxy) is 2. The Kier molecular flexibility index (Phi) is 6.05. The van der Waals surface area contributed by atoms with E-state index < -0.39 is 18.0 Å². The molecule has 0 radical (unpaired) electrons. The molecule has 0 N–H and O–H groups in total. The molecule has 3 rings (SSSR count). The van der Waals surface area contributed by atoms with Gasteiger partial charge in [-0.05, 0) is 44.0 Å². The SMILES string of the molecule is CCOc1ccc(OCC(=O)N2CCCC(c3nnc(C(F)(F)F)o3)C2)cc1. The normalized spacial score (nSPS) is 17.4. The Balaban J connectivity index is 1.54. The lowest BCUT2D eigenvalue weighted by Gasteiger charge is -2.31. The lowest BCUT2D eigenvalue weighted by molar-refractivity contribution is -0.157. The van der Waals surface area contributed by atoms with Gasteiger partial charge in [-0.1, -0.05) is 0 Å². The Morgan fingerprint density at radius 3 is 2.50 bits per heavy atom. The number of likely N-dealkylation sites (tertiary alicyclic amines) is 1. The molecule has 2 aromatic rings. The van der Waals surface area contributed by atoms with Crippen molar-refractivity contribution in [3.63, 3.8) is 0 Å². The van der Waals surface area contributed by atoms with Crippen LogP contribution in [0.25, 0.3) is 0 Å². The van der Waals surface area contributed by atoms with E-state index >= 15 is 0 Å². The molecule has 10 heteroatoms. The summed E-state index contributed by atoms with van der Waals surface area (Å²) in [6.45, 7) is 2.98. The molecular weight excluding hydrogens is 379 g/mol. The lowest BCUT2D eigenvalue weighted by Crippen LogP contribution is -2.41. The topological polar surface area (TPSA) is 77.7 Å². The molecule has 0 spiro atoms. The number of carbonyl (C=O) groups is 1. The van der Waals surface area contributed by atoms with Gasteiger partial charge >= 0.3 is 12.1 Å². The second-order valence-corrected chi connectivity index (χ2v) is 6.32. The van der Waals surface area contributed by atoms with E-state index in [-0.39, 0.29) is 24.9 Å². The molecule has 7 nitrogen and oxygen atoms in total. The molecule has 1 saturated heterocycles. The van der Waals surface area contributed by atoms with Crippen molar-refractivity contribution in [3.8, 4) is 11.5 Å². The molecule has 1 atom stereocenters. The van der Waals surface area contributed by atoms with Crippen LogP contribution in [0.15, 0.2) is 28.7 Å². The summed E-state index contributed by atoms with van der Waals surface area (Å²) in [5, 5.41) is 6.55. The van der Waals surface area contributed by atoms with Crippen molar-refractivity contribution in [1.29, 1.82) is 0 Å². The first-order valence-electron chi connectivity index (χ1n) is 8.91. The van der Waals surface area contributed by atoms with Gasteiger partial charge in [0.15, 0.2) is 6.61 Å². The standard InChI is InChI=1S/C18H20F3N3O4/c1-2-26-13-5-7-14(8-6-13)27-11-15(25)24-9-3-4-12(10-24)16-22-23-17(28-16)18(19,20)21/h5-8,12H,2-4,9-11H2,1H3. The molecule has 0 aliphatic carbocycles. The summed E-state index contributed by atoms with van der Waals surface area (Å²) < 4.78 is 53.4. The van der Waals surface area contributed by atoms with Crippen molar-refractivity contribution < 1.29 is 31.9 Å². The molecule has 1 aromatic carbocycles. The molecule has 28 heavy (non-hydrogen) atoms. The van der Waals surface area contributed by atoms with E-state index in [1.165, 1.54) is 0 Å². The summed E-state index contributed by atoms with van der Waals surface area (Å²) in [6, 6.07) is 6.89. The zero-order valence-corrected chi connectivity index (χ0v) is 15.2. The Morgan fingerprint density at radius 2 is 1.89 bits per heavy atom. The molecule has 1 unspecified atom stereocenters. The summed E-state index contributed by atoms with van der Waals surface area (Å²) in [6.07, 6.45) is -3.48. The van der Waals surface area contributed by atoms with Crippen LogP contribution in [0.5, 0.6) is 11.5 Å². The van der Waals surface area contributed by atoms with Gasteiger partial charge < -0.3 is 18.8 Å². The molecule has 1 amide bonds. The predicted octanol–water partition coefficient (Wildman–Crippen LogP) is 3.27. The van der Waals surface area contributed by atoms with Crippen LogP contribution in [0.4, 0.5) is 13.2 Å². The van der Waals surface area contributed by atoms with Gasteiger partial charge in [0, 0.05) is 13.1 Å². The van der Waals surface area contributed by atoms with Crippen LogP contribution < -0.4 is 9.47 Å². The summed E-state index contributed by atoms with van der Waals surface area (Å²) in [7, 11) is 0. The fourth-order valence-corrected chi connectivity index (χ4v) is 2.95. The molecule has 1 aromatic heterocycles. The first kappa shape index (κ1) is 20.0. The van der Waals surface area contributed by atoms with E-state index in [9.17, 15) is 18.0 Å². The Labute approximate surface area is 159 Å². The molecule has 1 aliphatic rings. The number of amides is 1. The van der Waals surface area contributed by atoms with Gasteiger partial charge in [0.05, 0.1) is 12.5 Å². The van der Waals surface area contributed by atoms with Gasteiger partial charge in [-0.2, -0.15) is 13.2 Å². The highest BCUT2D eigenvalue weighted by atomic mass is 19.4. The smallest absolute Gasteiger partial charge is 0.470 e. The molecule has 2 heterocycles. The van der Waals surface area contributed by atoms with Gasteiger partial charge in [-0.3, -0.25) is 4.79 Å². The van der Waals surface area contributed by atoms with Gasteiger partial charge in [0.2, 0.25) is 5.89 Å². The molecule has 152 valence electrons. The number of nitrogens with zero attached hydrogens (tertiary/aromatic N) is 3. The Bertz CT molecular complexity index is 792. The molecule has 0 bridgehead atoms. The molecular formula is C18H20F3N3O4. The third kappa shape index (κ3) is 4.93. The van der Waals surface area contributed by atoms with Crippen molar-refractivity contribution in [1.82, 2.24) is 15.1 Å².